The Labute approximate surface area is 264 Å². The molecule has 1 fully saturated rings. The maximum absolute atomic E-state index is 3.97. The molecule has 2 nitrogen and oxygen atoms in total. The van der Waals surface area contributed by atoms with Crippen LogP contribution in [0.1, 0.15) is 81.3 Å². The van der Waals surface area contributed by atoms with Gasteiger partial charge in [-0.2, -0.15) is 0 Å². The van der Waals surface area contributed by atoms with E-state index in [1.807, 2.05) is 0 Å². The predicted octanol–water partition coefficient (Wildman–Crippen LogP) is 10.7. The van der Waals surface area contributed by atoms with Gasteiger partial charge in [0, 0.05) is 40.9 Å². The molecule has 5 aliphatic carbocycles. The zero-order valence-electron chi connectivity index (χ0n) is 25.9. The first kappa shape index (κ1) is 28.7. The molecular formula is C42H46N2. The highest BCUT2D eigenvalue weighted by atomic mass is 14.9. The van der Waals surface area contributed by atoms with Crippen molar-refractivity contribution < 1.29 is 0 Å². The van der Waals surface area contributed by atoms with Gasteiger partial charge >= 0.3 is 0 Å². The van der Waals surface area contributed by atoms with Crippen molar-refractivity contribution >= 4 is 11.3 Å². The lowest BCUT2D eigenvalue weighted by Crippen LogP contribution is -2.36. The van der Waals surface area contributed by atoms with Gasteiger partial charge in [0.25, 0.3) is 0 Å². The third kappa shape index (κ3) is 6.70. The van der Waals surface area contributed by atoms with E-state index in [0.717, 1.165) is 25.7 Å². The summed E-state index contributed by atoms with van der Waals surface area (Å²) in [4.78, 5) is 0. The Morgan fingerprint density at radius 2 is 1.59 bits per heavy atom. The molecular weight excluding hydrogens is 532 g/mol. The average Bonchev–Trinajstić information content (AvgIpc) is 3.10. The maximum atomic E-state index is 3.97. The van der Waals surface area contributed by atoms with Gasteiger partial charge in [0.1, 0.15) is 0 Å². The standard InChI is InChI=1S/C42H46N2/c1-4-12-31(13-5-1)32-24-27-38(28-25-32)44-41-19-11-10-18-39(41)35-22-20-33(21-23-35)36-26-29-42(43-37-16-8-3-9-17-37)40(30-36)34-14-6-2-7-15-34/h2-4,6,8-9,12-14,16,20-24,26-30,32,37,39,41,43-44H,1,5,7,10-11,15,17-19,25H2. The first-order chi connectivity index (χ1) is 21.8. The van der Waals surface area contributed by atoms with Gasteiger partial charge in [-0.05, 0) is 97.4 Å². The van der Waals surface area contributed by atoms with Crippen molar-refractivity contribution in [2.75, 3.05) is 5.32 Å². The Hall–Kier alpha value is -4.04. The first-order valence-corrected chi connectivity index (χ1v) is 17.0. The third-order valence-electron chi connectivity index (χ3n) is 10.0. The van der Waals surface area contributed by atoms with Gasteiger partial charge < -0.3 is 10.6 Å². The molecule has 0 aromatic heterocycles. The molecule has 7 rings (SSSR count). The van der Waals surface area contributed by atoms with E-state index in [1.165, 1.54) is 83.3 Å². The summed E-state index contributed by atoms with van der Waals surface area (Å²) >= 11 is 0. The summed E-state index contributed by atoms with van der Waals surface area (Å²) in [5.74, 6) is 1.08. The van der Waals surface area contributed by atoms with Crippen LogP contribution in [-0.2, 0) is 0 Å². The fourth-order valence-corrected chi connectivity index (χ4v) is 7.55. The molecule has 0 bridgehead atoms. The van der Waals surface area contributed by atoms with E-state index in [4.69, 9.17) is 0 Å². The van der Waals surface area contributed by atoms with Gasteiger partial charge in [-0.3, -0.25) is 0 Å². The second kappa shape index (κ2) is 13.7. The number of hydrogen-bond acceptors (Lipinski definition) is 2. The summed E-state index contributed by atoms with van der Waals surface area (Å²) in [5.41, 5.74) is 10.8. The van der Waals surface area contributed by atoms with Crippen molar-refractivity contribution in [1.82, 2.24) is 5.32 Å². The van der Waals surface area contributed by atoms with Crippen LogP contribution in [0.25, 0.3) is 16.7 Å². The van der Waals surface area contributed by atoms with Crippen molar-refractivity contribution in [3.63, 3.8) is 0 Å². The zero-order valence-corrected chi connectivity index (χ0v) is 25.9. The molecule has 0 amide bonds. The Bertz CT molecular complexity index is 1570. The van der Waals surface area contributed by atoms with E-state index >= 15 is 0 Å². The summed E-state index contributed by atoms with van der Waals surface area (Å²) in [6.07, 6.45) is 41.6. The van der Waals surface area contributed by atoms with Crippen molar-refractivity contribution in [2.45, 2.75) is 82.2 Å². The molecule has 2 aromatic carbocycles. The van der Waals surface area contributed by atoms with Crippen LogP contribution in [0.15, 0.2) is 133 Å². The minimum atomic E-state index is 0.341. The minimum Gasteiger partial charge on any atom is -0.382 e. The highest BCUT2D eigenvalue weighted by Gasteiger charge is 2.27. The highest BCUT2D eigenvalue weighted by molar-refractivity contribution is 5.82. The summed E-state index contributed by atoms with van der Waals surface area (Å²) in [6, 6.07) is 17.3. The van der Waals surface area contributed by atoms with Crippen LogP contribution in [0.3, 0.4) is 0 Å². The molecule has 1 saturated carbocycles. The van der Waals surface area contributed by atoms with Gasteiger partial charge in [0.15, 0.2) is 0 Å². The lowest BCUT2D eigenvalue weighted by Gasteiger charge is -2.34. The van der Waals surface area contributed by atoms with E-state index in [2.05, 4.69) is 132 Å². The fraction of sp³-hybridized carbons (Fsp3) is 0.333. The Morgan fingerprint density at radius 3 is 2.36 bits per heavy atom. The molecule has 2 heteroatoms. The molecule has 0 heterocycles. The van der Waals surface area contributed by atoms with Gasteiger partial charge in [-0.25, -0.2) is 0 Å². The van der Waals surface area contributed by atoms with E-state index in [9.17, 15) is 0 Å². The minimum absolute atomic E-state index is 0.341. The molecule has 0 spiro atoms. The zero-order chi connectivity index (χ0) is 29.6. The van der Waals surface area contributed by atoms with Crippen LogP contribution in [0.5, 0.6) is 0 Å². The van der Waals surface area contributed by atoms with Crippen molar-refractivity contribution in [3.05, 3.63) is 144 Å². The van der Waals surface area contributed by atoms with Gasteiger partial charge in [-0.1, -0.05) is 116 Å². The fourth-order valence-electron chi connectivity index (χ4n) is 7.55. The molecule has 0 radical (unpaired) electrons. The quantitative estimate of drug-likeness (QED) is 0.326. The number of allylic oxidation sites excluding steroid dienone is 13. The smallest absolute Gasteiger partial charge is 0.0482 e. The van der Waals surface area contributed by atoms with Crippen molar-refractivity contribution in [3.8, 4) is 11.1 Å². The van der Waals surface area contributed by atoms with Crippen LogP contribution < -0.4 is 10.6 Å². The normalized spacial score (nSPS) is 26.1. The molecule has 0 saturated heterocycles. The van der Waals surface area contributed by atoms with Crippen molar-refractivity contribution in [2.24, 2.45) is 5.92 Å². The predicted molar refractivity (Wildman–Crippen MR) is 188 cm³/mol. The number of nitrogens with one attached hydrogen (secondary N) is 2. The largest absolute Gasteiger partial charge is 0.382 e. The number of hydrogen-bond donors (Lipinski definition) is 2. The number of anilines is 1. The molecule has 2 N–H and O–H groups in total. The topological polar surface area (TPSA) is 24.1 Å². The van der Waals surface area contributed by atoms with Crippen LogP contribution in [0, 0.1) is 5.92 Å². The molecule has 0 aliphatic heterocycles. The van der Waals surface area contributed by atoms with E-state index in [-0.39, 0.29) is 0 Å². The van der Waals surface area contributed by atoms with E-state index < -0.39 is 0 Å². The molecule has 44 heavy (non-hydrogen) atoms. The molecule has 2 aromatic rings. The number of benzene rings is 2. The molecule has 5 aliphatic rings. The first-order valence-electron chi connectivity index (χ1n) is 17.0. The van der Waals surface area contributed by atoms with E-state index in [0.29, 0.717) is 23.9 Å². The second-order valence-electron chi connectivity index (χ2n) is 13.0. The molecule has 4 unspecified atom stereocenters. The highest BCUT2D eigenvalue weighted by Crippen LogP contribution is 2.38. The third-order valence-corrected chi connectivity index (χ3v) is 10.0. The Kier molecular flexibility index (Phi) is 8.96. The maximum Gasteiger partial charge on any atom is 0.0482 e. The van der Waals surface area contributed by atoms with Crippen LogP contribution in [-0.4, -0.2) is 12.1 Å². The van der Waals surface area contributed by atoms with Gasteiger partial charge in [0.2, 0.25) is 0 Å². The Balaban J connectivity index is 1.07. The summed E-state index contributed by atoms with van der Waals surface area (Å²) in [6.45, 7) is 0. The van der Waals surface area contributed by atoms with Crippen molar-refractivity contribution in [1.29, 1.82) is 0 Å². The monoisotopic (exact) mass is 578 g/mol. The summed E-state index contributed by atoms with van der Waals surface area (Å²) in [7, 11) is 0. The van der Waals surface area contributed by atoms with Crippen LogP contribution in [0.2, 0.25) is 0 Å². The second-order valence-corrected chi connectivity index (χ2v) is 13.0. The summed E-state index contributed by atoms with van der Waals surface area (Å²) in [5, 5.41) is 7.78. The Morgan fingerprint density at radius 1 is 0.682 bits per heavy atom. The van der Waals surface area contributed by atoms with E-state index in [1.54, 1.807) is 0 Å². The molecule has 224 valence electrons. The SMILES string of the molecule is C1=CCCC(c2cc(-c3ccc(C4CCCCC4NC4=CCC(C5=CCCC=C5)C=C4)cc3)ccc2NC2C=CC=CC2)=C1. The van der Waals surface area contributed by atoms with Gasteiger partial charge in [0.05, 0.1) is 0 Å². The molecule has 4 atom stereocenters. The lowest BCUT2D eigenvalue weighted by molar-refractivity contribution is 0.347. The summed E-state index contributed by atoms with van der Waals surface area (Å²) < 4.78 is 0. The van der Waals surface area contributed by atoms with Gasteiger partial charge in [-0.15, -0.1) is 0 Å². The lowest BCUT2D eigenvalue weighted by atomic mass is 9.79. The number of rotatable bonds is 8. The van der Waals surface area contributed by atoms with Crippen LogP contribution in [0.4, 0.5) is 5.69 Å². The van der Waals surface area contributed by atoms with Crippen LogP contribution >= 0.6 is 0 Å². The average molecular weight is 579 g/mol.